The van der Waals surface area contributed by atoms with E-state index in [9.17, 15) is 18.0 Å². The van der Waals surface area contributed by atoms with Gasteiger partial charge in [-0.1, -0.05) is 50.2 Å². The molecule has 0 saturated carbocycles. The molecule has 0 fully saturated rings. The molecule has 0 aliphatic rings. The number of aromatic nitrogens is 4. The van der Waals surface area contributed by atoms with Crippen LogP contribution in [0.15, 0.2) is 83.4 Å². The second-order valence-electron chi connectivity index (χ2n) is 10.6. The Morgan fingerprint density at radius 2 is 1.70 bits per heavy atom. The van der Waals surface area contributed by atoms with Crippen molar-refractivity contribution in [2.24, 2.45) is 4.99 Å². The molecule has 1 unspecified atom stereocenters. The van der Waals surface area contributed by atoms with Gasteiger partial charge in [-0.2, -0.15) is 4.99 Å². The highest BCUT2D eigenvalue weighted by Crippen LogP contribution is 2.28. The van der Waals surface area contributed by atoms with Crippen LogP contribution in [0.3, 0.4) is 0 Å². The Labute approximate surface area is 256 Å². The van der Waals surface area contributed by atoms with Gasteiger partial charge in [0.15, 0.2) is 10.6 Å². The average molecular weight is 621 g/mol. The number of alkyl halides is 3. The first kappa shape index (κ1) is 30.7. The number of rotatable bonds is 7. The second-order valence-corrected chi connectivity index (χ2v) is 11.5. The van der Waals surface area contributed by atoms with Gasteiger partial charge in [0.1, 0.15) is 12.1 Å². The Balaban J connectivity index is 1.29. The van der Waals surface area contributed by atoms with Crippen LogP contribution in [-0.2, 0) is 0 Å². The maximum absolute atomic E-state index is 13.0. The second kappa shape index (κ2) is 12.5. The van der Waals surface area contributed by atoms with Gasteiger partial charge in [0, 0.05) is 16.6 Å². The van der Waals surface area contributed by atoms with Crippen molar-refractivity contribution in [2.45, 2.75) is 52.9 Å². The van der Waals surface area contributed by atoms with Gasteiger partial charge in [0.05, 0.1) is 17.4 Å². The first-order valence-electron chi connectivity index (χ1n) is 13.9. The third-order valence-electron chi connectivity index (χ3n) is 7.03. The monoisotopic (exact) mass is 620 g/mol. The normalized spacial score (nSPS) is 12.9. The first-order valence-corrected chi connectivity index (χ1v) is 14.8. The third kappa shape index (κ3) is 6.91. The molecular formula is C32H31F3N6O2S. The number of halogens is 3. The molecular weight excluding hydrogens is 589 g/mol. The number of hydrogen-bond donors (Lipinski definition) is 1. The number of aryl methyl sites for hydroxylation is 2. The van der Waals surface area contributed by atoms with Gasteiger partial charge in [-0.15, -0.1) is 29.6 Å². The van der Waals surface area contributed by atoms with Crippen molar-refractivity contribution in [1.82, 2.24) is 24.6 Å². The minimum atomic E-state index is -4.76. The van der Waals surface area contributed by atoms with Gasteiger partial charge < -0.3 is 10.1 Å². The molecule has 0 spiro atoms. The van der Waals surface area contributed by atoms with Crippen molar-refractivity contribution in [2.75, 3.05) is 0 Å². The maximum atomic E-state index is 13.0. The highest BCUT2D eigenvalue weighted by atomic mass is 32.1. The SMILES string of the molecule is Cc1cccc(-n2c(C)cs/c2=N\C(=O)NC(C)c2ccc(-c3ncn(-c4ccc(OC(F)(F)F)cc4)n3)cc2)c1C(C)C. The predicted molar refractivity (Wildman–Crippen MR) is 163 cm³/mol. The summed E-state index contributed by atoms with van der Waals surface area (Å²) in [4.78, 5) is 22.4. The van der Waals surface area contributed by atoms with Crippen LogP contribution >= 0.6 is 11.3 Å². The fraction of sp³-hybridized carbons (Fsp3) is 0.250. The molecule has 8 nitrogen and oxygen atoms in total. The van der Waals surface area contributed by atoms with Crippen molar-refractivity contribution in [1.29, 1.82) is 0 Å². The highest BCUT2D eigenvalue weighted by Gasteiger charge is 2.31. The van der Waals surface area contributed by atoms with Crippen LogP contribution in [0, 0.1) is 13.8 Å². The van der Waals surface area contributed by atoms with Gasteiger partial charge in [-0.3, -0.25) is 4.57 Å². The summed E-state index contributed by atoms with van der Waals surface area (Å²) in [5.74, 6) is 0.427. The lowest BCUT2D eigenvalue weighted by molar-refractivity contribution is -0.274. The Hall–Kier alpha value is -4.71. The molecule has 5 rings (SSSR count). The number of carbonyl (C=O) groups excluding carboxylic acids is 1. The van der Waals surface area contributed by atoms with Crippen molar-refractivity contribution < 1.29 is 22.7 Å². The molecule has 1 atom stereocenters. The molecule has 228 valence electrons. The number of carbonyl (C=O) groups is 1. The van der Waals surface area contributed by atoms with E-state index in [1.807, 2.05) is 54.1 Å². The fourth-order valence-corrected chi connectivity index (χ4v) is 5.87. The smallest absolute Gasteiger partial charge is 0.406 e. The summed E-state index contributed by atoms with van der Waals surface area (Å²) in [6.45, 7) is 10.3. The summed E-state index contributed by atoms with van der Waals surface area (Å²) in [6.07, 6.45) is -3.28. The largest absolute Gasteiger partial charge is 0.573 e. The average Bonchev–Trinajstić information content (AvgIpc) is 3.59. The maximum Gasteiger partial charge on any atom is 0.573 e. The topological polar surface area (TPSA) is 86.3 Å². The third-order valence-corrected chi connectivity index (χ3v) is 7.97. The zero-order valence-electron chi connectivity index (χ0n) is 24.8. The summed E-state index contributed by atoms with van der Waals surface area (Å²) in [6, 6.07) is 18.2. The molecule has 2 aromatic heterocycles. The lowest BCUT2D eigenvalue weighted by Crippen LogP contribution is -2.27. The van der Waals surface area contributed by atoms with E-state index in [-0.39, 0.29) is 11.8 Å². The zero-order valence-corrected chi connectivity index (χ0v) is 25.6. The van der Waals surface area contributed by atoms with Gasteiger partial charge in [0.2, 0.25) is 0 Å². The van der Waals surface area contributed by atoms with Crippen LogP contribution in [0.2, 0.25) is 0 Å². The van der Waals surface area contributed by atoms with Crippen molar-refractivity contribution in [3.05, 3.63) is 106 Å². The first-order chi connectivity index (χ1) is 20.9. The van der Waals surface area contributed by atoms with Gasteiger partial charge >= 0.3 is 12.4 Å². The molecule has 0 saturated heterocycles. The summed E-state index contributed by atoms with van der Waals surface area (Å²) < 4.78 is 44.7. The molecule has 12 heteroatoms. The minimum Gasteiger partial charge on any atom is -0.406 e. The van der Waals surface area contributed by atoms with Crippen LogP contribution < -0.4 is 14.9 Å². The number of thiazole rings is 1. The minimum absolute atomic E-state index is 0.305. The number of nitrogens with one attached hydrogen (secondary N) is 1. The quantitative estimate of drug-likeness (QED) is 0.201. The zero-order chi connectivity index (χ0) is 31.6. The van der Waals surface area contributed by atoms with Crippen molar-refractivity contribution in [3.63, 3.8) is 0 Å². The molecule has 0 radical (unpaired) electrons. The summed E-state index contributed by atoms with van der Waals surface area (Å²) >= 11 is 1.42. The standard InChI is InChI=1S/C32H31F3N6O2S/c1-19(2)28-20(3)7-6-8-27(28)41-21(4)17-44-31(41)38-30(42)37-22(5)23-9-11-24(12-10-23)29-36-18-40(39-29)25-13-15-26(16-14-25)43-32(33,34)35/h6-19,22H,1-5H3,(H,37,42)/b38-31-. The molecule has 0 bridgehead atoms. The number of benzene rings is 3. The van der Waals surface area contributed by atoms with Gasteiger partial charge in [-0.05, 0) is 73.7 Å². The van der Waals surface area contributed by atoms with E-state index in [1.165, 1.54) is 57.7 Å². The molecule has 2 amide bonds. The van der Waals surface area contributed by atoms with E-state index in [4.69, 9.17) is 0 Å². The fourth-order valence-electron chi connectivity index (χ4n) is 5.00. The van der Waals surface area contributed by atoms with E-state index in [1.54, 1.807) is 0 Å². The van der Waals surface area contributed by atoms with Crippen molar-refractivity contribution >= 4 is 17.4 Å². The summed E-state index contributed by atoms with van der Waals surface area (Å²) in [7, 11) is 0. The molecule has 0 aliphatic carbocycles. The Morgan fingerprint density at radius 3 is 2.36 bits per heavy atom. The van der Waals surface area contributed by atoms with E-state index < -0.39 is 12.4 Å². The number of ether oxygens (including phenoxy) is 1. The van der Waals surface area contributed by atoms with Crippen LogP contribution in [0.1, 0.15) is 55.1 Å². The predicted octanol–water partition coefficient (Wildman–Crippen LogP) is 7.80. The lowest BCUT2D eigenvalue weighted by atomic mass is 9.96. The van der Waals surface area contributed by atoms with Crippen LogP contribution in [0.5, 0.6) is 5.75 Å². The molecule has 1 N–H and O–H groups in total. The molecule has 3 aromatic carbocycles. The Bertz CT molecular complexity index is 1840. The number of nitrogens with zero attached hydrogens (tertiary/aromatic N) is 5. The van der Waals surface area contributed by atoms with Gasteiger partial charge in [0.25, 0.3) is 0 Å². The van der Waals surface area contributed by atoms with E-state index >= 15 is 0 Å². The summed E-state index contributed by atoms with van der Waals surface area (Å²) in [5.41, 5.74) is 6.57. The molecule has 0 aliphatic heterocycles. The Morgan fingerprint density at radius 1 is 1.00 bits per heavy atom. The van der Waals surface area contributed by atoms with Crippen molar-refractivity contribution in [3.8, 4) is 28.5 Å². The van der Waals surface area contributed by atoms with E-state index in [0.29, 0.717) is 22.2 Å². The number of urea groups is 1. The van der Waals surface area contributed by atoms with Crippen LogP contribution in [0.25, 0.3) is 22.8 Å². The highest BCUT2D eigenvalue weighted by molar-refractivity contribution is 7.07. The molecule has 44 heavy (non-hydrogen) atoms. The van der Waals surface area contributed by atoms with E-state index in [2.05, 4.69) is 58.0 Å². The van der Waals surface area contributed by atoms with Crippen LogP contribution in [-0.4, -0.2) is 31.7 Å². The Kier molecular flexibility index (Phi) is 8.73. The lowest BCUT2D eigenvalue weighted by Gasteiger charge is -2.18. The van der Waals surface area contributed by atoms with Crippen LogP contribution in [0.4, 0.5) is 18.0 Å². The molecule has 2 heterocycles. The number of amides is 2. The molecule has 5 aromatic rings. The number of hydrogen-bond acceptors (Lipinski definition) is 5. The summed E-state index contributed by atoms with van der Waals surface area (Å²) in [5, 5.41) is 9.39. The van der Waals surface area contributed by atoms with E-state index in [0.717, 1.165) is 22.5 Å². The van der Waals surface area contributed by atoms with Gasteiger partial charge in [-0.25, -0.2) is 14.5 Å².